The summed E-state index contributed by atoms with van der Waals surface area (Å²) in [5, 5.41) is 16.4. The minimum absolute atomic E-state index is 0.0733. The first kappa shape index (κ1) is 35.5. The molecule has 3 N–H and O–H groups in total. The molecule has 1 aromatic carbocycles. The third-order valence-electron chi connectivity index (χ3n) is 9.37. The van der Waals surface area contributed by atoms with Crippen molar-refractivity contribution in [2.45, 2.75) is 84.9 Å². The number of aliphatic hydroxyl groups excluding tert-OH is 1. The highest BCUT2D eigenvalue weighted by molar-refractivity contribution is 7.13. The van der Waals surface area contributed by atoms with Crippen LogP contribution >= 0.6 is 11.3 Å². The summed E-state index contributed by atoms with van der Waals surface area (Å²) in [6, 6.07) is 6.94. The molecule has 2 aliphatic rings. The largest absolute Gasteiger partial charge is 0.465 e. The quantitative estimate of drug-likeness (QED) is 0.280. The molecule has 0 bridgehead atoms. The summed E-state index contributed by atoms with van der Waals surface area (Å²) in [4.78, 5) is 60.7. The van der Waals surface area contributed by atoms with Crippen LogP contribution in [0, 0.1) is 18.3 Å². The van der Waals surface area contributed by atoms with E-state index in [-0.39, 0.29) is 49.1 Å². The number of hydrogen-bond donors (Lipinski definition) is 3. The van der Waals surface area contributed by atoms with Crippen LogP contribution < -0.4 is 10.6 Å². The zero-order valence-electron chi connectivity index (χ0n) is 27.7. The number of aliphatic hydroxyl groups is 1. The summed E-state index contributed by atoms with van der Waals surface area (Å²) in [6.07, 6.45) is 1.98. The molecule has 3 amide bonds. The third-order valence-corrected chi connectivity index (χ3v) is 10.3. The number of carbonyl (C=O) groups is 4. The number of benzene rings is 1. The SMILES string of the molecule is CCOC(=O)CN1CCC(CC(=O)N[C@@H](C)C(C)(C)C(=O)N2C[C@H](O)C[C@H]2C(=O)NCCc2ccc(-c3scnc3C)cc2)CC1. The number of β-amino-alcohol motifs (C(OH)–C–C–N with tert-alkyl or cyclic N) is 1. The lowest BCUT2D eigenvalue weighted by atomic mass is 9.83. The Bertz CT molecular complexity index is 1350. The molecule has 3 heterocycles. The Morgan fingerprint density at radius 1 is 1.15 bits per heavy atom. The molecule has 3 atom stereocenters. The van der Waals surface area contributed by atoms with E-state index in [1.165, 1.54) is 4.90 Å². The minimum atomic E-state index is -1.00. The van der Waals surface area contributed by atoms with Crippen molar-refractivity contribution >= 4 is 35.0 Å². The molecule has 252 valence electrons. The van der Waals surface area contributed by atoms with E-state index in [1.807, 2.05) is 24.6 Å². The van der Waals surface area contributed by atoms with E-state index in [1.54, 1.807) is 39.0 Å². The van der Waals surface area contributed by atoms with E-state index < -0.39 is 23.6 Å². The number of ether oxygens (including phenoxy) is 1. The van der Waals surface area contributed by atoms with E-state index in [0.29, 0.717) is 26.0 Å². The maximum absolute atomic E-state index is 13.8. The highest BCUT2D eigenvalue weighted by Crippen LogP contribution is 2.30. The molecule has 1 aromatic heterocycles. The van der Waals surface area contributed by atoms with Crippen LogP contribution in [0.15, 0.2) is 29.8 Å². The van der Waals surface area contributed by atoms with Gasteiger partial charge in [0.1, 0.15) is 6.04 Å². The molecule has 0 radical (unpaired) electrons. The Hall–Kier alpha value is -3.35. The first-order valence-corrected chi connectivity index (χ1v) is 17.2. The predicted molar refractivity (Wildman–Crippen MR) is 177 cm³/mol. The van der Waals surface area contributed by atoms with Crippen molar-refractivity contribution in [2.75, 3.05) is 39.3 Å². The summed E-state index contributed by atoms with van der Waals surface area (Å²) < 4.78 is 5.03. The zero-order chi connectivity index (χ0) is 33.4. The molecular formula is C34H49N5O6S. The smallest absolute Gasteiger partial charge is 0.320 e. The van der Waals surface area contributed by atoms with Gasteiger partial charge in [0.15, 0.2) is 0 Å². The van der Waals surface area contributed by atoms with Gasteiger partial charge in [-0.05, 0) is 84.0 Å². The number of thiazole rings is 1. The fraction of sp³-hybridized carbons (Fsp3) is 0.618. The summed E-state index contributed by atoms with van der Waals surface area (Å²) in [6.45, 7) is 11.7. The second kappa shape index (κ2) is 16.0. The zero-order valence-corrected chi connectivity index (χ0v) is 28.5. The van der Waals surface area contributed by atoms with Crippen molar-refractivity contribution in [3.8, 4) is 10.4 Å². The molecule has 2 fully saturated rings. The van der Waals surface area contributed by atoms with E-state index in [0.717, 1.165) is 47.6 Å². The minimum Gasteiger partial charge on any atom is -0.465 e. The number of nitrogens with zero attached hydrogens (tertiary/aromatic N) is 3. The van der Waals surface area contributed by atoms with Gasteiger partial charge in [0, 0.05) is 32.0 Å². The number of piperidine rings is 1. The topological polar surface area (TPSA) is 141 Å². The molecule has 0 saturated carbocycles. The summed E-state index contributed by atoms with van der Waals surface area (Å²) >= 11 is 1.61. The standard InChI is InChI=1S/C34H49N5O6S/c1-6-45-30(42)20-38-15-12-25(13-16-38)17-29(41)37-23(3)34(4,5)33(44)39-19-27(40)18-28(39)32(43)35-14-11-24-7-9-26(10-8-24)31-22(2)36-21-46-31/h7-10,21,23,25,27-28,40H,6,11-20H2,1-5H3,(H,35,43)(H,37,41)/t23-,27+,28-/m0/s1. The van der Waals surface area contributed by atoms with E-state index >= 15 is 0 Å². The predicted octanol–water partition coefficient (Wildman–Crippen LogP) is 2.94. The number of carbonyl (C=O) groups excluding carboxylic acids is 4. The van der Waals surface area contributed by atoms with Crippen LogP contribution in [-0.4, -0.2) is 101 Å². The van der Waals surface area contributed by atoms with Crippen LogP contribution in [0.4, 0.5) is 0 Å². The number of rotatable bonds is 13. The van der Waals surface area contributed by atoms with Crippen LogP contribution in [0.25, 0.3) is 10.4 Å². The summed E-state index contributed by atoms with van der Waals surface area (Å²) in [5.74, 6) is -0.717. The average molecular weight is 656 g/mol. The number of hydrogen-bond acceptors (Lipinski definition) is 9. The molecule has 12 heteroatoms. The normalized spacial score (nSPS) is 19.9. The Morgan fingerprint density at radius 2 is 1.85 bits per heavy atom. The molecule has 46 heavy (non-hydrogen) atoms. The Morgan fingerprint density at radius 3 is 2.48 bits per heavy atom. The van der Waals surface area contributed by atoms with Gasteiger partial charge in [-0.2, -0.15) is 0 Å². The van der Waals surface area contributed by atoms with Gasteiger partial charge in [0.25, 0.3) is 0 Å². The lowest BCUT2D eigenvalue weighted by Gasteiger charge is -2.37. The van der Waals surface area contributed by atoms with Gasteiger partial charge in [-0.15, -0.1) is 11.3 Å². The van der Waals surface area contributed by atoms with E-state index in [4.69, 9.17) is 4.74 Å². The van der Waals surface area contributed by atoms with Crippen molar-refractivity contribution in [2.24, 2.45) is 11.3 Å². The Balaban J connectivity index is 1.24. The number of aromatic nitrogens is 1. The molecule has 4 rings (SSSR count). The molecule has 2 saturated heterocycles. The summed E-state index contributed by atoms with van der Waals surface area (Å²) in [7, 11) is 0. The first-order valence-electron chi connectivity index (χ1n) is 16.3. The number of amides is 3. The first-order chi connectivity index (χ1) is 21.9. The average Bonchev–Trinajstić information content (AvgIpc) is 3.63. The number of likely N-dealkylation sites (tertiary alicyclic amines) is 2. The van der Waals surface area contributed by atoms with Crippen molar-refractivity contribution in [1.82, 2.24) is 25.4 Å². The van der Waals surface area contributed by atoms with Gasteiger partial charge in [0.2, 0.25) is 17.7 Å². The van der Waals surface area contributed by atoms with Gasteiger partial charge < -0.3 is 25.4 Å². The van der Waals surface area contributed by atoms with Crippen LogP contribution in [0.2, 0.25) is 0 Å². The van der Waals surface area contributed by atoms with Crippen LogP contribution in [0.1, 0.15) is 64.6 Å². The molecule has 2 aliphatic heterocycles. The third kappa shape index (κ3) is 9.13. The van der Waals surface area contributed by atoms with E-state index in [9.17, 15) is 24.3 Å². The molecular weight excluding hydrogens is 606 g/mol. The number of nitrogens with one attached hydrogen (secondary N) is 2. The van der Waals surface area contributed by atoms with Gasteiger partial charge in [-0.25, -0.2) is 4.98 Å². The van der Waals surface area contributed by atoms with Crippen LogP contribution in [-0.2, 0) is 30.3 Å². The summed E-state index contributed by atoms with van der Waals surface area (Å²) in [5.41, 5.74) is 4.04. The van der Waals surface area contributed by atoms with Crippen molar-refractivity contribution in [1.29, 1.82) is 0 Å². The lowest BCUT2D eigenvalue weighted by molar-refractivity contribution is -0.147. The number of esters is 1. The lowest BCUT2D eigenvalue weighted by Crippen LogP contribution is -2.56. The highest BCUT2D eigenvalue weighted by Gasteiger charge is 2.46. The van der Waals surface area contributed by atoms with Crippen molar-refractivity contribution in [3.63, 3.8) is 0 Å². The molecule has 11 nitrogen and oxygen atoms in total. The van der Waals surface area contributed by atoms with Gasteiger partial charge in [-0.1, -0.05) is 24.3 Å². The fourth-order valence-corrected chi connectivity index (χ4v) is 6.98. The van der Waals surface area contributed by atoms with Gasteiger partial charge >= 0.3 is 5.97 Å². The van der Waals surface area contributed by atoms with E-state index in [2.05, 4.69) is 32.7 Å². The van der Waals surface area contributed by atoms with Crippen LogP contribution in [0.5, 0.6) is 0 Å². The van der Waals surface area contributed by atoms with Gasteiger partial charge in [0.05, 0.1) is 40.8 Å². The highest BCUT2D eigenvalue weighted by atomic mass is 32.1. The molecule has 0 unspecified atom stereocenters. The second-order valence-electron chi connectivity index (χ2n) is 13.1. The number of aryl methyl sites for hydroxylation is 1. The monoisotopic (exact) mass is 655 g/mol. The maximum atomic E-state index is 13.8. The maximum Gasteiger partial charge on any atom is 0.320 e. The van der Waals surface area contributed by atoms with Gasteiger partial charge in [-0.3, -0.25) is 24.1 Å². The molecule has 2 aromatic rings. The Labute approximate surface area is 276 Å². The molecule has 0 aliphatic carbocycles. The van der Waals surface area contributed by atoms with Crippen LogP contribution in [0.3, 0.4) is 0 Å². The fourth-order valence-electron chi connectivity index (χ4n) is 6.17. The molecule has 0 spiro atoms. The second-order valence-corrected chi connectivity index (χ2v) is 14.0. The van der Waals surface area contributed by atoms with Crippen molar-refractivity contribution < 1.29 is 29.0 Å². The Kier molecular flexibility index (Phi) is 12.3. The van der Waals surface area contributed by atoms with Crippen molar-refractivity contribution in [3.05, 3.63) is 41.0 Å².